The number of carbonyl (C=O) groups excluding carboxylic acids is 5. The molecule has 0 fully saturated rings. The van der Waals surface area contributed by atoms with E-state index in [0.29, 0.717) is 0 Å². The monoisotopic (exact) mass is 419 g/mol. The first-order valence-corrected chi connectivity index (χ1v) is 8.76. The lowest BCUT2D eigenvalue weighted by Crippen LogP contribution is -2.38. The summed E-state index contributed by atoms with van der Waals surface area (Å²) in [6.07, 6.45) is -2.68. The summed E-state index contributed by atoms with van der Waals surface area (Å²) in [5.41, 5.74) is -1.43. The minimum absolute atomic E-state index is 0.135. The van der Waals surface area contributed by atoms with Crippen LogP contribution >= 0.6 is 0 Å². The van der Waals surface area contributed by atoms with E-state index in [1.807, 2.05) is 0 Å². The predicted molar refractivity (Wildman–Crippen MR) is 98.9 cm³/mol. The summed E-state index contributed by atoms with van der Waals surface area (Å²) in [4.78, 5) is 57.0. The lowest BCUT2D eigenvalue weighted by Gasteiger charge is -2.19. The van der Waals surface area contributed by atoms with Gasteiger partial charge in [-0.1, -0.05) is 0 Å². The zero-order valence-corrected chi connectivity index (χ0v) is 17.5. The van der Waals surface area contributed by atoms with Crippen LogP contribution in [0.15, 0.2) is 0 Å². The van der Waals surface area contributed by atoms with Crippen LogP contribution in [0.1, 0.15) is 41.5 Å². The molecule has 0 spiro atoms. The van der Waals surface area contributed by atoms with Crippen LogP contribution in [-0.2, 0) is 28.5 Å². The Balaban J connectivity index is 3.88. The normalized spacial score (nSPS) is 11.0. The maximum Gasteiger partial charge on any atom is 0.415 e. The van der Waals surface area contributed by atoms with E-state index in [-0.39, 0.29) is 13.2 Å². The van der Waals surface area contributed by atoms with Crippen molar-refractivity contribution in [3.63, 3.8) is 0 Å². The van der Waals surface area contributed by atoms with Gasteiger partial charge in [0.05, 0.1) is 6.54 Å². The van der Waals surface area contributed by atoms with Gasteiger partial charge in [-0.3, -0.25) is 4.79 Å². The maximum atomic E-state index is 11.4. The van der Waals surface area contributed by atoms with Crippen molar-refractivity contribution < 1.29 is 42.9 Å². The third-order valence-corrected chi connectivity index (χ3v) is 2.39. The van der Waals surface area contributed by atoms with Crippen molar-refractivity contribution in [1.29, 1.82) is 0 Å². The second-order valence-electron chi connectivity index (χ2n) is 7.62. The number of nitrogens with one attached hydrogen (secondary N) is 3. The van der Waals surface area contributed by atoms with Crippen LogP contribution in [0.2, 0.25) is 0 Å². The van der Waals surface area contributed by atoms with Crippen molar-refractivity contribution in [2.45, 2.75) is 52.7 Å². The van der Waals surface area contributed by atoms with Gasteiger partial charge in [-0.2, -0.15) is 0 Å². The molecular formula is C17H29N3O9. The highest BCUT2D eigenvalue weighted by Gasteiger charge is 2.18. The number of hydrogen-bond acceptors (Lipinski definition) is 9. The van der Waals surface area contributed by atoms with Crippen molar-refractivity contribution in [2.75, 3.05) is 26.2 Å². The van der Waals surface area contributed by atoms with Crippen LogP contribution in [0, 0.1) is 0 Å². The number of carbonyl (C=O) groups is 5. The Labute approximate surface area is 168 Å². The Bertz CT molecular complexity index is 606. The van der Waals surface area contributed by atoms with Crippen LogP contribution in [0.5, 0.6) is 0 Å². The van der Waals surface area contributed by atoms with Gasteiger partial charge in [-0.15, -0.1) is 0 Å². The van der Waals surface area contributed by atoms with E-state index in [9.17, 15) is 24.0 Å². The van der Waals surface area contributed by atoms with Crippen molar-refractivity contribution in [3.8, 4) is 0 Å². The molecule has 3 N–H and O–H groups in total. The molecule has 12 nitrogen and oxygen atoms in total. The van der Waals surface area contributed by atoms with Crippen molar-refractivity contribution in [1.82, 2.24) is 16.0 Å². The van der Waals surface area contributed by atoms with Gasteiger partial charge in [0.15, 0.2) is 0 Å². The van der Waals surface area contributed by atoms with Crippen LogP contribution < -0.4 is 16.0 Å². The smallest absolute Gasteiger partial charge is 0.415 e. The van der Waals surface area contributed by atoms with E-state index in [1.54, 1.807) is 41.5 Å². The third-order valence-electron chi connectivity index (χ3n) is 2.39. The molecule has 0 saturated heterocycles. The van der Waals surface area contributed by atoms with E-state index in [2.05, 4.69) is 20.7 Å². The average Bonchev–Trinajstić information content (AvgIpc) is 2.52. The first-order valence-electron chi connectivity index (χ1n) is 8.76. The molecule has 0 aliphatic carbocycles. The molecule has 0 rings (SSSR count). The first kappa shape index (κ1) is 26.0. The molecule has 0 aliphatic heterocycles. The number of esters is 2. The molecule has 29 heavy (non-hydrogen) atoms. The molecule has 0 aromatic heterocycles. The van der Waals surface area contributed by atoms with Crippen molar-refractivity contribution >= 4 is 30.2 Å². The van der Waals surface area contributed by atoms with Crippen LogP contribution in [0.25, 0.3) is 0 Å². The minimum atomic E-state index is -1.08. The molecule has 166 valence electrons. The van der Waals surface area contributed by atoms with Gasteiger partial charge >= 0.3 is 30.2 Å². The van der Waals surface area contributed by atoms with Crippen LogP contribution in [0.4, 0.5) is 14.4 Å². The number of rotatable bonds is 7. The Morgan fingerprint density at radius 1 is 0.655 bits per heavy atom. The highest BCUT2D eigenvalue weighted by atomic mass is 16.6. The van der Waals surface area contributed by atoms with Crippen molar-refractivity contribution in [2.24, 2.45) is 0 Å². The van der Waals surface area contributed by atoms with E-state index >= 15 is 0 Å². The zero-order chi connectivity index (χ0) is 22.7. The maximum absolute atomic E-state index is 11.4. The second-order valence-corrected chi connectivity index (χ2v) is 7.62. The Morgan fingerprint density at radius 2 is 1.10 bits per heavy atom. The topological polar surface area (TPSA) is 158 Å². The Morgan fingerprint density at radius 3 is 1.55 bits per heavy atom. The first-order chi connectivity index (χ1) is 13.2. The Kier molecular flexibility index (Phi) is 10.5. The molecule has 0 heterocycles. The summed E-state index contributed by atoms with van der Waals surface area (Å²) in [5.74, 6) is -1.75. The number of hydrogen-bond donors (Lipinski definition) is 3. The lowest BCUT2D eigenvalue weighted by molar-refractivity contribution is -0.142. The molecular weight excluding hydrogens is 390 g/mol. The SMILES string of the molecule is CC(C)(C)OC(=O)NCC(=O)OCCNC(=O)OC(=O)CNC(=O)OC(C)(C)C. The summed E-state index contributed by atoms with van der Waals surface area (Å²) in [5, 5.41) is 6.52. The third kappa shape index (κ3) is 16.8. The fourth-order valence-corrected chi connectivity index (χ4v) is 1.46. The van der Waals surface area contributed by atoms with E-state index in [0.717, 1.165) is 0 Å². The minimum Gasteiger partial charge on any atom is -0.462 e. The molecule has 0 atom stereocenters. The van der Waals surface area contributed by atoms with E-state index in [1.165, 1.54) is 0 Å². The highest BCUT2D eigenvalue weighted by molar-refractivity contribution is 5.87. The van der Waals surface area contributed by atoms with Gasteiger partial charge in [0.1, 0.15) is 30.9 Å². The van der Waals surface area contributed by atoms with Crippen LogP contribution in [-0.4, -0.2) is 67.7 Å². The van der Waals surface area contributed by atoms with Crippen LogP contribution in [0.3, 0.4) is 0 Å². The van der Waals surface area contributed by atoms with Gasteiger partial charge < -0.3 is 34.9 Å². The van der Waals surface area contributed by atoms with Gasteiger partial charge in [0.25, 0.3) is 0 Å². The zero-order valence-electron chi connectivity index (χ0n) is 17.5. The van der Waals surface area contributed by atoms with Gasteiger partial charge in [-0.05, 0) is 41.5 Å². The van der Waals surface area contributed by atoms with Gasteiger partial charge in [-0.25, -0.2) is 19.2 Å². The largest absolute Gasteiger partial charge is 0.462 e. The lowest BCUT2D eigenvalue weighted by atomic mass is 10.2. The highest BCUT2D eigenvalue weighted by Crippen LogP contribution is 2.06. The molecule has 12 heteroatoms. The predicted octanol–water partition coefficient (Wildman–Crippen LogP) is 0.832. The molecule has 0 aromatic rings. The summed E-state index contributed by atoms with van der Waals surface area (Å²) in [6, 6.07) is 0. The quantitative estimate of drug-likeness (QED) is 0.235. The Hall–Kier alpha value is -3.05. The summed E-state index contributed by atoms with van der Waals surface area (Å²) < 4.78 is 19.0. The summed E-state index contributed by atoms with van der Waals surface area (Å²) in [7, 11) is 0. The molecule has 0 aromatic carbocycles. The standard InChI is InChI=1S/C17H29N3O9/c1-16(2,3)28-14(24)19-9-11(21)26-8-7-18-13(23)27-12(22)10-20-15(25)29-17(4,5)6/h7-10H2,1-6H3,(H,18,23)(H,19,24)(H,20,25). The molecule has 3 amide bonds. The molecule has 0 aliphatic rings. The molecule has 0 bridgehead atoms. The molecule has 0 saturated carbocycles. The fraction of sp³-hybridized carbons (Fsp3) is 0.706. The number of amides is 3. The number of alkyl carbamates (subject to hydrolysis) is 3. The van der Waals surface area contributed by atoms with E-state index < -0.39 is 54.5 Å². The van der Waals surface area contributed by atoms with E-state index in [4.69, 9.17) is 14.2 Å². The molecule has 0 radical (unpaired) electrons. The molecule has 0 unspecified atom stereocenters. The fourth-order valence-electron chi connectivity index (χ4n) is 1.46. The summed E-state index contributed by atoms with van der Waals surface area (Å²) >= 11 is 0. The average molecular weight is 419 g/mol. The van der Waals surface area contributed by atoms with Crippen molar-refractivity contribution in [3.05, 3.63) is 0 Å². The number of ether oxygens (including phenoxy) is 4. The summed E-state index contributed by atoms with van der Waals surface area (Å²) in [6.45, 7) is 8.66. The van der Waals surface area contributed by atoms with Gasteiger partial charge in [0, 0.05) is 0 Å². The van der Waals surface area contributed by atoms with Gasteiger partial charge in [0.2, 0.25) is 0 Å². The second kappa shape index (κ2) is 11.7.